The number of hydrogen-bond acceptors (Lipinski definition) is 6. The fourth-order valence-electron chi connectivity index (χ4n) is 6.40. The van der Waals surface area contributed by atoms with Crippen molar-refractivity contribution in [3.63, 3.8) is 0 Å². The fourth-order valence-corrected chi connectivity index (χ4v) is 6.40. The molecule has 1 unspecified atom stereocenters. The summed E-state index contributed by atoms with van der Waals surface area (Å²) >= 11 is 0. The molecule has 0 radical (unpaired) electrons. The Morgan fingerprint density at radius 3 is 1.27 bits per heavy atom. The molecule has 0 saturated carbocycles. The Labute approximate surface area is 380 Å². The molecular weight excluding hydrogens is 769 g/mol. The van der Waals surface area contributed by atoms with Crippen LogP contribution < -0.4 is 0 Å². The molecule has 350 valence electrons. The van der Waals surface area contributed by atoms with E-state index >= 15 is 0 Å². The van der Waals surface area contributed by atoms with Crippen LogP contribution in [0, 0.1) is 0 Å². The van der Waals surface area contributed by atoms with Gasteiger partial charge in [-0.25, -0.2) is 0 Å². The highest BCUT2D eigenvalue weighted by Crippen LogP contribution is 2.13. The topological polar surface area (TPSA) is 78.9 Å². The van der Waals surface area contributed by atoms with Gasteiger partial charge in [0.25, 0.3) is 0 Å². The molecule has 62 heavy (non-hydrogen) atoms. The van der Waals surface area contributed by atoms with Crippen LogP contribution in [0.1, 0.15) is 207 Å². The number of rotatable bonds is 43. The van der Waals surface area contributed by atoms with Gasteiger partial charge in [0.1, 0.15) is 13.2 Å². The SMILES string of the molecule is CC/C=C/C=C/C=C/C=C/CCCCCCCC(=O)OC(COC(=O)CC/C=C/C/C=C/CCCCCCCC)COC(=O)CCCCCCCC/C=C/C/C=C/C/C=C/CC. The first-order chi connectivity index (χ1) is 30.5. The molecule has 0 aromatic rings. The predicted octanol–water partition coefficient (Wildman–Crippen LogP) is 16.4. The van der Waals surface area contributed by atoms with Crippen molar-refractivity contribution in [1.82, 2.24) is 0 Å². The van der Waals surface area contributed by atoms with E-state index < -0.39 is 6.10 Å². The van der Waals surface area contributed by atoms with Crippen molar-refractivity contribution in [3.05, 3.63) is 109 Å². The third-order valence-electron chi connectivity index (χ3n) is 10.1. The van der Waals surface area contributed by atoms with E-state index in [0.717, 1.165) is 109 Å². The predicted molar refractivity (Wildman–Crippen MR) is 265 cm³/mol. The van der Waals surface area contributed by atoms with Gasteiger partial charge in [-0.1, -0.05) is 207 Å². The molecule has 0 amide bonds. The van der Waals surface area contributed by atoms with Gasteiger partial charge in [0.15, 0.2) is 6.10 Å². The first-order valence-electron chi connectivity index (χ1n) is 24.9. The number of ether oxygens (including phenoxy) is 3. The molecular formula is C56H90O6. The Bertz CT molecular complexity index is 1310. The Balaban J connectivity index is 4.53. The highest BCUT2D eigenvalue weighted by atomic mass is 16.6. The van der Waals surface area contributed by atoms with Crippen molar-refractivity contribution in [1.29, 1.82) is 0 Å². The normalized spacial score (nSPS) is 13.0. The largest absolute Gasteiger partial charge is 0.462 e. The van der Waals surface area contributed by atoms with E-state index in [2.05, 4.69) is 99.8 Å². The maximum Gasteiger partial charge on any atom is 0.306 e. The molecule has 6 nitrogen and oxygen atoms in total. The van der Waals surface area contributed by atoms with Crippen LogP contribution in [0.2, 0.25) is 0 Å². The summed E-state index contributed by atoms with van der Waals surface area (Å²) in [5.41, 5.74) is 0. The van der Waals surface area contributed by atoms with Crippen LogP contribution in [-0.4, -0.2) is 37.2 Å². The molecule has 0 fully saturated rings. The summed E-state index contributed by atoms with van der Waals surface area (Å²) in [6, 6.07) is 0. The summed E-state index contributed by atoms with van der Waals surface area (Å²) in [6.07, 6.45) is 66.5. The summed E-state index contributed by atoms with van der Waals surface area (Å²) in [6.45, 7) is 6.28. The first kappa shape index (κ1) is 58.1. The summed E-state index contributed by atoms with van der Waals surface area (Å²) in [7, 11) is 0. The first-order valence-corrected chi connectivity index (χ1v) is 24.9. The van der Waals surface area contributed by atoms with Gasteiger partial charge in [-0.05, 0) is 89.9 Å². The van der Waals surface area contributed by atoms with Gasteiger partial charge in [0, 0.05) is 19.3 Å². The molecule has 0 saturated heterocycles. The summed E-state index contributed by atoms with van der Waals surface area (Å²) in [5, 5.41) is 0. The lowest BCUT2D eigenvalue weighted by Gasteiger charge is -2.18. The number of carbonyl (C=O) groups excluding carboxylic acids is 3. The highest BCUT2D eigenvalue weighted by Gasteiger charge is 2.19. The molecule has 0 aliphatic rings. The van der Waals surface area contributed by atoms with Crippen molar-refractivity contribution in [2.75, 3.05) is 13.2 Å². The van der Waals surface area contributed by atoms with Gasteiger partial charge in [-0.2, -0.15) is 0 Å². The van der Waals surface area contributed by atoms with Crippen molar-refractivity contribution < 1.29 is 28.6 Å². The van der Waals surface area contributed by atoms with Crippen LogP contribution in [0.4, 0.5) is 0 Å². The zero-order valence-corrected chi connectivity index (χ0v) is 39.8. The molecule has 0 N–H and O–H groups in total. The highest BCUT2D eigenvalue weighted by molar-refractivity contribution is 5.71. The third kappa shape index (κ3) is 47.1. The van der Waals surface area contributed by atoms with Crippen molar-refractivity contribution in [2.24, 2.45) is 0 Å². The minimum Gasteiger partial charge on any atom is -0.462 e. The second-order valence-corrected chi connectivity index (χ2v) is 16.0. The zero-order valence-electron chi connectivity index (χ0n) is 39.8. The zero-order chi connectivity index (χ0) is 45.1. The van der Waals surface area contributed by atoms with Gasteiger partial charge in [0.2, 0.25) is 0 Å². The average molecular weight is 859 g/mol. The Morgan fingerprint density at radius 2 is 0.742 bits per heavy atom. The van der Waals surface area contributed by atoms with Crippen LogP contribution in [0.5, 0.6) is 0 Å². The van der Waals surface area contributed by atoms with E-state index in [-0.39, 0.29) is 44.0 Å². The monoisotopic (exact) mass is 859 g/mol. The molecule has 0 rings (SSSR count). The van der Waals surface area contributed by atoms with Gasteiger partial charge in [0.05, 0.1) is 0 Å². The number of hydrogen-bond donors (Lipinski definition) is 0. The lowest BCUT2D eigenvalue weighted by molar-refractivity contribution is -0.166. The van der Waals surface area contributed by atoms with E-state index in [1.165, 1.54) is 51.4 Å². The van der Waals surface area contributed by atoms with E-state index in [4.69, 9.17) is 14.2 Å². The maximum absolute atomic E-state index is 12.8. The van der Waals surface area contributed by atoms with Crippen molar-refractivity contribution >= 4 is 17.9 Å². The summed E-state index contributed by atoms with van der Waals surface area (Å²) < 4.78 is 16.7. The number of allylic oxidation sites excluding steroid dienone is 18. The van der Waals surface area contributed by atoms with Crippen LogP contribution in [0.25, 0.3) is 0 Å². The molecule has 0 aromatic heterocycles. The van der Waals surface area contributed by atoms with Crippen molar-refractivity contribution in [3.8, 4) is 0 Å². The van der Waals surface area contributed by atoms with Crippen LogP contribution in [0.15, 0.2) is 109 Å². The smallest absolute Gasteiger partial charge is 0.306 e. The standard InChI is InChI=1S/C56H90O6/c1-4-7-10-13-16-19-22-25-27-29-31-34-37-40-43-46-49-55(58)61-52-53(51-60-54(57)48-45-42-39-36-33-30-24-21-18-15-12-9-6-3)62-56(59)50-47-44-41-38-35-32-28-26-23-20-17-14-11-8-5-2/h7-8,10-11,14,16-17,19-20,23,25-28,30,33,39,42,53H,4-6,9,12-13,15,18,21-22,24,29,31-32,34-38,40-41,43-52H2,1-3H3/b10-7+,11-8+,17-14+,19-16+,23-20+,27-25+,28-26+,33-30+,42-39+. The van der Waals surface area contributed by atoms with Gasteiger partial charge in [-0.3, -0.25) is 14.4 Å². The molecule has 1 atom stereocenters. The van der Waals surface area contributed by atoms with E-state index in [0.29, 0.717) is 12.8 Å². The van der Waals surface area contributed by atoms with Gasteiger partial charge < -0.3 is 14.2 Å². The van der Waals surface area contributed by atoms with Crippen molar-refractivity contribution in [2.45, 2.75) is 213 Å². The molecule has 0 bridgehead atoms. The number of carbonyl (C=O) groups is 3. The van der Waals surface area contributed by atoms with E-state index in [1.807, 2.05) is 30.4 Å². The minimum atomic E-state index is -0.820. The molecule has 0 spiro atoms. The molecule has 6 heteroatoms. The summed E-state index contributed by atoms with van der Waals surface area (Å²) in [4.78, 5) is 37.9. The van der Waals surface area contributed by atoms with E-state index in [9.17, 15) is 14.4 Å². The summed E-state index contributed by atoms with van der Waals surface area (Å²) in [5.74, 6) is -1.03. The lowest BCUT2D eigenvalue weighted by atomic mass is 10.1. The Kier molecular flexibility index (Phi) is 46.6. The Morgan fingerprint density at radius 1 is 0.355 bits per heavy atom. The van der Waals surface area contributed by atoms with Crippen LogP contribution >= 0.6 is 0 Å². The van der Waals surface area contributed by atoms with Crippen LogP contribution in [-0.2, 0) is 28.6 Å². The molecule has 0 aliphatic heterocycles. The average Bonchev–Trinajstić information content (AvgIpc) is 3.27. The second kappa shape index (κ2) is 49.7. The molecule has 0 heterocycles. The van der Waals surface area contributed by atoms with Gasteiger partial charge in [-0.15, -0.1) is 0 Å². The van der Waals surface area contributed by atoms with Gasteiger partial charge >= 0.3 is 17.9 Å². The number of esters is 3. The fraction of sp³-hybridized carbons (Fsp3) is 0.625. The second-order valence-electron chi connectivity index (χ2n) is 16.0. The quantitative estimate of drug-likeness (QED) is 0.0200. The Hall–Kier alpha value is -3.93. The van der Waals surface area contributed by atoms with E-state index in [1.54, 1.807) is 0 Å². The molecule has 0 aromatic carbocycles. The maximum atomic E-state index is 12.8. The molecule has 0 aliphatic carbocycles. The lowest BCUT2D eigenvalue weighted by Crippen LogP contribution is -2.30. The minimum absolute atomic E-state index is 0.114. The van der Waals surface area contributed by atoms with Crippen LogP contribution in [0.3, 0.4) is 0 Å². The third-order valence-corrected chi connectivity index (χ3v) is 10.1. The number of unbranched alkanes of at least 4 members (excludes halogenated alkanes) is 17.